The maximum Gasteiger partial charge on any atom is 0.294 e. The van der Waals surface area contributed by atoms with Gasteiger partial charge >= 0.3 is 0 Å². The van der Waals surface area contributed by atoms with Crippen molar-refractivity contribution in [3.8, 4) is 11.5 Å². The predicted molar refractivity (Wildman–Crippen MR) is 145 cm³/mol. The van der Waals surface area contributed by atoms with Crippen molar-refractivity contribution in [3.05, 3.63) is 89.2 Å². The number of carbonyl (C=O) groups excluding carboxylic acids is 2. The lowest BCUT2D eigenvalue weighted by atomic mass is 10.1. The molecule has 37 heavy (non-hydrogen) atoms. The Bertz CT molecular complexity index is 1340. The molecule has 2 heterocycles. The zero-order valence-corrected chi connectivity index (χ0v) is 21.4. The molecule has 190 valence electrons. The number of anilines is 2. The van der Waals surface area contributed by atoms with Gasteiger partial charge in [0.15, 0.2) is 11.5 Å². The molecule has 3 aromatic carbocycles. The molecule has 2 amide bonds. The number of methoxy groups -OCH3 is 1. The molecule has 0 aromatic heterocycles. The molecule has 0 atom stereocenters. The number of aryl methyl sites for hydroxylation is 1. The van der Waals surface area contributed by atoms with Gasteiger partial charge in [0.2, 0.25) is 5.91 Å². The van der Waals surface area contributed by atoms with Crippen LogP contribution < -0.4 is 19.3 Å². The molecule has 0 radical (unpaired) electrons. The first-order chi connectivity index (χ1) is 17.9. The van der Waals surface area contributed by atoms with Crippen molar-refractivity contribution in [2.45, 2.75) is 13.8 Å². The molecule has 2 aliphatic rings. The molecule has 0 spiro atoms. The summed E-state index contributed by atoms with van der Waals surface area (Å²) < 4.78 is 11.2. The lowest BCUT2D eigenvalue weighted by Crippen LogP contribution is -2.52. The number of amides is 2. The monoisotopic (exact) mass is 497 g/mol. The van der Waals surface area contributed by atoms with Crippen LogP contribution >= 0.6 is 0 Å². The average Bonchev–Trinajstić information content (AvgIpc) is 2.93. The van der Waals surface area contributed by atoms with Gasteiger partial charge in [-0.2, -0.15) is 0 Å². The molecule has 7 heteroatoms. The zero-order chi connectivity index (χ0) is 25.9. The van der Waals surface area contributed by atoms with Crippen LogP contribution in [0.15, 0.2) is 72.5 Å². The number of ether oxygens (including phenoxy) is 2. The summed E-state index contributed by atoms with van der Waals surface area (Å²) in [6, 6.07) is 21.0. The number of benzene rings is 3. The maximum atomic E-state index is 13.5. The summed E-state index contributed by atoms with van der Waals surface area (Å²) in [4.78, 5) is 32.5. The van der Waals surface area contributed by atoms with Crippen molar-refractivity contribution in [2.75, 3.05) is 49.6 Å². The van der Waals surface area contributed by atoms with Gasteiger partial charge in [0.25, 0.3) is 5.91 Å². The molecule has 5 rings (SSSR count). The molecule has 3 aromatic rings. The van der Waals surface area contributed by atoms with Gasteiger partial charge in [-0.15, -0.1) is 0 Å². The highest BCUT2D eigenvalue weighted by Crippen LogP contribution is 2.35. The van der Waals surface area contributed by atoms with Gasteiger partial charge in [0.1, 0.15) is 12.3 Å². The van der Waals surface area contributed by atoms with E-state index in [-0.39, 0.29) is 24.1 Å². The van der Waals surface area contributed by atoms with Gasteiger partial charge in [-0.25, -0.2) is 0 Å². The number of nitrogens with zero attached hydrogens (tertiary/aromatic N) is 3. The first-order valence-electron chi connectivity index (χ1n) is 12.5. The first-order valence-corrected chi connectivity index (χ1v) is 12.5. The molecule has 1 saturated heterocycles. The summed E-state index contributed by atoms with van der Waals surface area (Å²) in [7, 11) is 1.61. The largest absolute Gasteiger partial charge is 0.497 e. The van der Waals surface area contributed by atoms with Crippen LogP contribution in [0.3, 0.4) is 0 Å². The van der Waals surface area contributed by atoms with E-state index in [1.807, 2.05) is 53.4 Å². The van der Waals surface area contributed by atoms with Gasteiger partial charge in [0, 0.05) is 31.9 Å². The summed E-state index contributed by atoms with van der Waals surface area (Å²) in [6.07, 6.45) is 1.69. The van der Waals surface area contributed by atoms with Gasteiger partial charge in [-0.1, -0.05) is 36.4 Å². The number of para-hydroxylation sites is 2. The number of carbonyl (C=O) groups is 2. The minimum Gasteiger partial charge on any atom is -0.497 e. The summed E-state index contributed by atoms with van der Waals surface area (Å²) in [5, 5.41) is 0. The fraction of sp³-hybridized carbons (Fsp3) is 0.267. The number of fused-ring (bicyclic) bond motifs is 1. The van der Waals surface area contributed by atoms with Crippen molar-refractivity contribution >= 4 is 29.3 Å². The van der Waals surface area contributed by atoms with E-state index in [0.29, 0.717) is 24.5 Å². The molecule has 0 saturated carbocycles. The summed E-state index contributed by atoms with van der Waals surface area (Å²) in [5.41, 5.74) is 5.16. The fourth-order valence-corrected chi connectivity index (χ4v) is 4.78. The van der Waals surface area contributed by atoms with Crippen molar-refractivity contribution in [1.82, 2.24) is 4.90 Å². The number of hydrogen-bond donors (Lipinski definition) is 0. The van der Waals surface area contributed by atoms with Crippen LogP contribution in [0.2, 0.25) is 0 Å². The third-order valence-electron chi connectivity index (χ3n) is 7.09. The van der Waals surface area contributed by atoms with E-state index in [2.05, 4.69) is 36.9 Å². The molecule has 0 N–H and O–H groups in total. The van der Waals surface area contributed by atoms with Crippen LogP contribution in [0.25, 0.3) is 6.08 Å². The topological polar surface area (TPSA) is 62.3 Å². The Kier molecular flexibility index (Phi) is 6.86. The second-order valence-corrected chi connectivity index (χ2v) is 9.33. The van der Waals surface area contributed by atoms with Gasteiger partial charge in [0.05, 0.1) is 12.8 Å². The van der Waals surface area contributed by atoms with Crippen LogP contribution in [-0.2, 0) is 9.59 Å². The summed E-state index contributed by atoms with van der Waals surface area (Å²) in [5.74, 6) is 1.05. The second kappa shape index (κ2) is 10.4. The van der Waals surface area contributed by atoms with E-state index in [9.17, 15) is 9.59 Å². The average molecular weight is 498 g/mol. The Balaban J connectivity index is 1.31. The molecule has 0 unspecified atom stereocenters. The molecule has 7 nitrogen and oxygen atoms in total. The Hall–Kier alpha value is -4.26. The second-order valence-electron chi connectivity index (χ2n) is 9.33. The number of piperazine rings is 1. The molecule has 0 bridgehead atoms. The van der Waals surface area contributed by atoms with Crippen molar-refractivity contribution < 1.29 is 19.1 Å². The van der Waals surface area contributed by atoms with E-state index in [4.69, 9.17) is 9.47 Å². The fourth-order valence-electron chi connectivity index (χ4n) is 4.78. The predicted octanol–water partition coefficient (Wildman–Crippen LogP) is 4.43. The van der Waals surface area contributed by atoms with Crippen molar-refractivity contribution in [1.29, 1.82) is 0 Å². The molecular weight excluding hydrogens is 466 g/mol. The highest BCUT2D eigenvalue weighted by Gasteiger charge is 2.33. The molecule has 0 aliphatic carbocycles. The van der Waals surface area contributed by atoms with Gasteiger partial charge in [-0.3, -0.25) is 14.5 Å². The van der Waals surface area contributed by atoms with E-state index >= 15 is 0 Å². The lowest BCUT2D eigenvalue weighted by Gasteiger charge is -2.38. The smallest absolute Gasteiger partial charge is 0.294 e. The Morgan fingerprint density at radius 2 is 1.62 bits per heavy atom. The molecule has 1 fully saturated rings. The van der Waals surface area contributed by atoms with E-state index in [0.717, 1.165) is 24.4 Å². The third-order valence-corrected chi connectivity index (χ3v) is 7.09. The van der Waals surface area contributed by atoms with Crippen LogP contribution in [-0.4, -0.2) is 56.5 Å². The zero-order valence-electron chi connectivity index (χ0n) is 21.4. The summed E-state index contributed by atoms with van der Waals surface area (Å²) >= 11 is 0. The Morgan fingerprint density at radius 1 is 0.919 bits per heavy atom. The first kappa shape index (κ1) is 24.4. The maximum absolute atomic E-state index is 13.5. The third kappa shape index (κ3) is 5.03. The van der Waals surface area contributed by atoms with Gasteiger partial charge in [-0.05, 0) is 66.9 Å². The minimum absolute atomic E-state index is 0.0391. The SMILES string of the molecule is COc1ccc(/C=C2/Oc3ccccc3N(CC(=O)N3CCN(c4cccc(C)c4C)CC3)C2=O)cc1. The molecular formula is C30H31N3O4. The lowest BCUT2D eigenvalue weighted by molar-refractivity contribution is -0.131. The van der Waals surface area contributed by atoms with Crippen LogP contribution in [0.5, 0.6) is 11.5 Å². The van der Waals surface area contributed by atoms with Crippen LogP contribution in [0.4, 0.5) is 11.4 Å². The normalized spacial score (nSPS) is 16.5. The summed E-state index contributed by atoms with van der Waals surface area (Å²) in [6.45, 7) is 6.96. The minimum atomic E-state index is -0.336. The van der Waals surface area contributed by atoms with Crippen LogP contribution in [0, 0.1) is 13.8 Å². The highest BCUT2D eigenvalue weighted by atomic mass is 16.5. The Morgan fingerprint density at radius 3 is 2.35 bits per heavy atom. The Labute approximate surface area is 217 Å². The van der Waals surface area contributed by atoms with Crippen LogP contribution in [0.1, 0.15) is 16.7 Å². The number of hydrogen-bond acceptors (Lipinski definition) is 5. The quantitative estimate of drug-likeness (QED) is 0.488. The van der Waals surface area contributed by atoms with E-state index in [1.54, 1.807) is 13.2 Å². The molecule has 2 aliphatic heterocycles. The van der Waals surface area contributed by atoms with E-state index < -0.39 is 0 Å². The number of rotatable bonds is 5. The van der Waals surface area contributed by atoms with E-state index in [1.165, 1.54) is 21.7 Å². The highest BCUT2D eigenvalue weighted by molar-refractivity contribution is 6.12. The van der Waals surface area contributed by atoms with Crippen molar-refractivity contribution in [2.24, 2.45) is 0 Å². The van der Waals surface area contributed by atoms with Crippen molar-refractivity contribution in [3.63, 3.8) is 0 Å². The van der Waals surface area contributed by atoms with Gasteiger partial charge < -0.3 is 19.3 Å². The standard InChI is InChI=1S/C30H31N3O4/c1-21-7-6-9-25(22(21)2)31-15-17-32(18-16-31)29(34)20-33-26-8-4-5-10-27(26)37-28(30(33)35)19-23-11-13-24(36-3)14-12-23/h4-14,19H,15-18,20H2,1-3H3/b28-19+.